The van der Waals surface area contributed by atoms with Crippen LogP contribution in [0.1, 0.15) is 18.4 Å². The number of para-hydroxylation sites is 1. The summed E-state index contributed by atoms with van der Waals surface area (Å²) in [7, 11) is 1.72. The van der Waals surface area contributed by atoms with Crippen LogP contribution in [0.25, 0.3) is 0 Å². The van der Waals surface area contributed by atoms with Crippen LogP contribution in [0.5, 0.6) is 0 Å². The lowest BCUT2D eigenvalue weighted by Crippen LogP contribution is -2.48. The van der Waals surface area contributed by atoms with E-state index in [1.807, 2.05) is 23.1 Å². The molecule has 0 radical (unpaired) electrons. The van der Waals surface area contributed by atoms with Gasteiger partial charge in [0.25, 0.3) is 0 Å². The van der Waals surface area contributed by atoms with Gasteiger partial charge >= 0.3 is 0 Å². The van der Waals surface area contributed by atoms with Crippen molar-refractivity contribution in [2.24, 2.45) is 0 Å². The number of benzene rings is 1. The van der Waals surface area contributed by atoms with Gasteiger partial charge in [-0.3, -0.25) is 4.79 Å². The van der Waals surface area contributed by atoms with E-state index in [1.54, 1.807) is 7.11 Å². The van der Waals surface area contributed by atoms with Crippen LogP contribution in [-0.4, -0.2) is 43.2 Å². The van der Waals surface area contributed by atoms with E-state index >= 15 is 0 Å². The second-order valence-corrected chi connectivity index (χ2v) is 5.34. The number of anilines is 1. The van der Waals surface area contributed by atoms with Crippen LogP contribution < -0.4 is 5.32 Å². The molecule has 0 spiro atoms. The van der Waals surface area contributed by atoms with E-state index in [-0.39, 0.29) is 18.1 Å². The highest BCUT2D eigenvalue weighted by molar-refractivity contribution is 5.87. The maximum Gasteiger partial charge on any atom is 0.245 e. The minimum absolute atomic E-state index is 0.104. The molecule has 0 bridgehead atoms. The van der Waals surface area contributed by atoms with Gasteiger partial charge in [0.15, 0.2) is 0 Å². The van der Waals surface area contributed by atoms with Gasteiger partial charge in [-0.15, -0.1) is 0 Å². The lowest BCUT2D eigenvalue weighted by molar-refractivity contribution is -0.135. The molecule has 2 aliphatic rings. The Labute approximate surface area is 113 Å². The Morgan fingerprint density at radius 2 is 2.26 bits per heavy atom. The number of rotatable bonds is 2. The van der Waals surface area contributed by atoms with E-state index in [9.17, 15) is 4.79 Å². The van der Waals surface area contributed by atoms with Crippen LogP contribution >= 0.6 is 0 Å². The van der Waals surface area contributed by atoms with Crippen molar-refractivity contribution in [3.05, 3.63) is 29.8 Å². The van der Waals surface area contributed by atoms with E-state index in [0.29, 0.717) is 0 Å². The lowest BCUT2D eigenvalue weighted by atomic mass is 10.1. The number of hydrogen-bond donors (Lipinski definition) is 1. The van der Waals surface area contributed by atoms with Crippen molar-refractivity contribution in [1.29, 1.82) is 0 Å². The minimum Gasteiger partial charge on any atom is -0.380 e. The summed E-state index contributed by atoms with van der Waals surface area (Å²) in [4.78, 5) is 14.5. The first-order valence-corrected chi connectivity index (χ1v) is 6.94. The maximum atomic E-state index is 12.5. The van der Waals surface area contributed by atoms with Crippen molar-refractivity contribution >= 4 is 11.6 Å². The number of methoxy groups -OCH3 is 1. The monoisotopic (exact) mass is 260 g/mol. The number of likely N-dealkylation sites (tertiary alicyclic amines) is 1. The van der Waals surface area contributed by atoms with Crippen LogP contribution in [0.4, 0.5) is 5.69 Å². The molecule has 3 rings (SSSR count). The zero-order chi connectivity index (χ0) is 13.2. The fourth-order valence-corrected chi connectivity index (χ4v) is 3.00. The molecule has 4 heteroatoms. The number of amides is 1. The summed E-state index contributed by atoms with van der Waals surface area (Å²) in [6, 6.07) is 8.05. The third-order valence-electron chi connectivity index (χ3n) is 4.09. The van der Waals surface area contributed by atoms with Gasteiger partial charge in [0.05, 0.1) is 6.10 Å². The van der Waals surface area contributed by atoms with Crippen LogP contribution in [-0.2, 0) is 16.0 Å². The molecule has 1 amide bonds. The first-order valence-electron chi connectivity index (χ1n) is 6.94. The van der Waals surface area contributed by atoms with E-state index in [0.717, 1.165) is 38.0 Å². The number of nitrogens with zero attached hydrogens (tertiary/aromatic N) is 1. The van der Waals surface area contributed by atoms with Gasteiger partial charge in [0, 0.05) is 32.3 Å². The fourth-order valence-electron chi connectivity index (χ4n) is 3.00. The predicted octanol–water partition coefficient (Wildman–Crippen LogP) is 1.66. The van der Waals surface area contributed by atoms with E-state index < -0.39 is 0 Å². The number of hydrogen-bond acceptors (Lipinski definition) is 3. The highest BCUT2D eigenvalue weighted by Crippen LogP contribution is 2.26. The van der Waals surface area contributed by atoms with Gasteiger partial charge in [0.1, 0.15) is 6.04 Å². The molecule has 2 atom stereocenters. The number of carbonyl (C=O) groups is 1. The van der Waals surface area contributed by atoms with E-state index in [4.69, 9.17) is 4.74 Å². The van der Waals surface area contributed by atoms with Crippen molar-refractivity contribution in [2.45, 2.75) is 31.4 Å². The van der Waals surface area contributed by atoms with Gasteiger partial charge in [-0.05, 0) is 24.5 Å². The number of piperidine rings is 1. The fraction of sp³-hybridized carbons (Fsp3) is 0.533. The second-order valence-electron chi connectivity index (χ2n) is 5.34. The summed E-state index contributed by atoms with van der Waals surface area (Å²) >= 11 is 0. The average Bonchev–Trinajstić information content (AvgIpc) is 2.90. The average molecular weight is 260 g/mol. The lowest BCUT2D eigenvalue weighted by Gasteiger charge is -2.33. The summed E-state index contributed by atoms with van der Waals surface area (Å²) in [5.74, 6) is 0.206. The molecule has 2 aliphatic heterocycles. The van der Waals surface area contributed by atoms with Crippen LogP contribution in [0.2, 0.25) is 0 Å². The molecule has 19 heavy (non-hydrogen) atoms. The Morgan fingerprint density at radius 3 is 3.05 bits per heavy atom. The molecular formula is C15H20N2O2. The maximum absolute atomic E-state index is 12.5. The molecule has 2 unspecified atom stereocenters. The first-order chi connectivity index (χ1) is 9.28. The normalized spacial score (nSPS) is 25.8. The molecule has 1 aromatic carbocycles. The highest BCUT2D eigenvalue weighted by atomic mass is 16.5. The molecule has 1 aromatic rings. The molecule has 1 saturated heterocycles. The SMILES string of the molecule is COC1CCCN(C(=O)C2Cc3ccccc3N2)C1. The third kappa shape index (κ3) is 2.45. The Morgan fingerprint density at radius 1 is 1.42 bits per heavy atom. The second kappa shape index (κ2) is 5.21. The summed E-state index contributed by atoms with van der Waals surface area (Å²) in [6.45, 7) is 1.58. The molecule has 1 N–H and O–H groups in total. The zero-order valence-electron chi connectivity index (χ0n) is 11.3. The van der Waals surface area contributed by atoms with Crippen LogP contribution in [0.3, 0.4) is 0 Å². The third-order valence-corrected chi connectivity index (χ3v) is 4.09. The first kappa shape index (κ1) is 12.5. The molecule has 2 heterocycles. The largest absolute Gasteiger partial charge is 0.380 e. The van der Waals surface area contributed by atoms with Crippen LogP contribution in [0.15, 0.2) is 24.3 Å². The van der Waals surface area contributed by atoms with Crippen molar-refractivity contribution in [1.82, 2.24) is 4.90 Å². The van der Waals surface area contributed by atoms with Crippen molar-refractivity contribution in [2.75, 3.05) is 25.5 Å². The summed E-state index contributed by atoms with van der Waals surface area (Å²) in [5.41, 5.74) is 2.34. The Balaban J connectivity index is 1.66. The Hall–Kier alpha value is -1.55. The number of carbonyl (C=O) groups excluding carboxylic acids is 1. The number of nitrogens with one attached hydrogen (secondary N) is 1. The number of fused-ring (bicyclic) bond motifs is 1. The van der Waals surface area contributed by atoms with Crippen molar-refractivity contribution < 1.29 is 9.53 Å². The number of ether oxygens (including phenoxy) is 1. The summed E-state index contributed by atoms with van der Waals surface area (Å²) in [5, 5.41) is 3.33. The van der Waals surface area contributed by atoms with Gasteiger partial charge in [-0.25, -0.2) is 0 Å². The zero-order valence-corrected chi connectivity index (χ0v) is 11.3. The standard InChI is InChI=1S/C15H20N2O2/c1-19-12-6-4-8-17(10-12)15(18)14-9-11-5-2-3-7-13(11)16-14/h2-3,5,7,12,14,16H,4,6,8-10H2,1H3. The van der Waals surface area contributed by atoms with Gasteiger partial charge < -0.3 is 15.0 Å². The highest BCUT2D eigenvalue weighted by Gasteiger charge is 2.32. The van der Waals surface area contributed by atoms with Crippen molar-refractivity contribution in [3.8, 4) is 0 Å². The Kier molecular flexibility index (Phi) is 3.42. The Bertz CT molecular complexity index is 450. The molecule has 0 aliphatic carbocycles. The molecule has 0 aromatic heterocycles. The predicted molar refractivity (Wildman–Crippen MR) is 74.2 cm³/mol. The van der Waals surface area contributed by atoms with Gasteiger partial charge in [-0.2, -0.15) is 0 Å². The smallest absolute Gasteiger partial charge is 0.245 e. The quantitative estimate of drug-likeness (QED) is 0.879. The molecular weight excluding hydrogens is 240 g/mol. The summed E-state index contributed by atoms with van der Waals surface area (Å²) < 4.78 is 5.38. The van der Waals surface area contributed by atoms with E-state index in [2.05, 4.69) is 11.4 Å². The molecule has 4 nitrogen and oxygen atoms in total. The summed E-state index contributed by atoms with van der Waals surface area (Å²) in [6.07, 6.45) is 3.08. The molecule has 102 valence electrons. The van der Waals surface area contributed by atoms with E-state index in [1.165, 1.54) is 5.56 Å². The minimum atomic E-state index is -0.104. The van der Waals surface area contributed by atoms with Crippen molar-refractivity contribution in [3.63, 3.8) is 0 Å². The van der Waals surface area contributed by atoms with Gasteiger partial charge in [0.2, 0.25) is 5.91 Å². The molecule has 0 saturated carbocycles. The molecule has 1 fully saturated rings. The topological polar surface area (TPSA) is 41.6 Å². The van der Waals surface area contributed by atoms with Gasteiger partial charge in [-0.1, -0.05) is 18.2 Å². The van der Waals surface area contributed by atoms with Crippen LogP contribution in [0, 0.1) is 0 Å².